The lowest BCUT2D eigenvalue weighted by Gasteiger charge is -2.08. The molecule has 162 valence electrons. The number of rotatable bonds is 6. The summed E-state index contributed by atoms with van der Waals surface area (Å²) in [4.78, 5) is 13.5. The number of pyridine rings is 2. The highest BCUT2D eigenvalue weighted by Crippen LogP contribution is 2.33. The maximum absolute atomic E-state index is 10.8. The van der Waals surface area contributed by atoms with Gasteiger partial charge in [-0.05, 0) is 25.1 Å². The van der Waals surface area contributed by atoms with E-state index in [0.29, 0.717) is 34.8 Å². The molecule has 9 nitrogen and oxygen atoms in total. The van der Waals surface area contributed by atoms with Gasteiger partial charge >= 0.3 is 0 Å². The fraction of sp³-hybridized carbons (Fsp3) is 0.182. The molecule has 0 saturated heterocycles. The highest BCUT2D eigenvalue weighted by atomic mass is 32.1. The summed E-state index contributed by atoms with van der Waals surface area (Å²) in [6, 6.07) is 5.49. The second-order valence-corrected chi connectivity index (χ2v) is 8.20. The van der Waals surface area contributed by atoms with Gasteiger partial charge in [0.25, 0.3) is 5.88 Å². The third kappa shape index (κ3) is 3.54. The standard InChI is InChI=1S/C22H20N6O3S/c1-13-25-15(12-32-13)9-27-10-16(8-24-27)28-11-19-17(22(28)29)4-5-18(26-19)14-6-20(30-2)21(31-3)23-7-14/h4-8,10-12,29H,9H2,1-3H3. The molecule has 0 aliphatic carbocycles. The Balaban J connectivity index is 1.48. The Hall–Kier alpha value is -3.92. The summed E-state index contributed by atoms with van der Waals surface area (Å²) in [6.07, 6.45) is 7.04. The minimum absolute atomic E-state index is 0.105. The first-order chi connectivity index (χ1) is 15.6. The van der Waals surface area contributed by atoms with Gasteiger partial charge in [-0.1, -0.05) is 0 Å². The normalized spacial score (nSPS) is 11.2. The van der Waals surface area contributed by atoms with Crippen molar-refractivity contribution >= 4 is 22.2 Å². The van der Waals surface area contributed by atoms with Gasteiger partial charge in [0, 0.05) is 29.5 Å². The summed E-state index contributed by atoms with van der Waals surface area (Å²) in [5.41, 5.74) is 3.83. The fourth-order valence-corrected chi connectivity index (χ4v) is 4.12. The van der Waals surface area contributed by atoms with Gasteiger partial charge in [0.15, 0.2) is 5.75 Å². The van der Waals surface area contributed by atoms with Crippen molar-refractivity contribution in [1.82, 2.24) is 29.3 Å². The fourth-order valence-electron chi connectivity index (χ4n) is 3.52. The Morgan fingerprint density at radius 1 is 1.09 bits per heavy atom. The lowest BCUT2D eigenvalue weighted by atomic mass is 10.1. The van der Waals surface area contributed by atoms with Crippen LogP contribution in [0, 0.1) is 6.92 Å². The minimum atomic E-state index is 0.105. The van der Waals surface area contributed by atoms with E-state index in [1.54, 1.807) is 53.4 Å². The molecule has 5 aromatic rings. The van der Waals surface area contributed by atoms with E-state index in [1.165, 1.54) is 0 Å². The number of hydrogen-bond donors (Lipinski definition) is 1. The van der Waals surface area contributed by atoms with E-state index in [2.05, 4.69) is 15.1 Å². The molecule has 0 fully saturated rings. The molecule has 0 aromatic carbocycles. The van der Waals surface area contributed by atoms with Gasteiger partial charge in [0.05, 0.1) is 59.9 Å². The van der Waals surface area contributed by atoms with Crippen molar-refractivity contribution < 1.29 is 14.6 Å². The number of aromatic nitrogens is 6. The minimum Gasteiger partial charge on any atom is -0.494 e. The van der Waals surface area contributed by atoms with Crippen LogP contribution in [0.2, 0.25) is 0 Å². The van der Waals surface area contributed by atoms with Crippen LogP contribution < -0.4 is 9.47 Å². The number of aromatic hydroxyl groups is 1. The molecule has 0 aliphatic heterocycles. The van der Waals surface area contributed by atoms with Gasteiger partial charge in [0.1, 0.15) is 0 Å². The SMILES string of the molecule is COc1cc(-c2ccc3c(O)n(-c4cnn(Cc5csc(C)n5)c4)cc3n2)cnc1OC. The van der Waals surface area contributed by atoms with Crippen LogP contribution in [0.4, 0.5) is 0 Å². The van der Waals surface area contributed by atoms with Crippen molar-refractivity contribution in [2.45, 2.75) is 13.5 Å². The smallest absolute Gasteiger partial charge is 0.256 e. The second kappa shape index (κ2) is 7.97. The zero-order valence-corrected chi connectivity index (χ0v) is 18.5. The largest absolute Gasteiger partial charge is 0.494 e. The molecule has 0 radical (unpaired) electrons. The van der Waals surface area contributed by atoms with E-state index in [4.69, 9.17) is 14.5 Å². The molecule has 5 heterocycles. The van der Waals surface area contributed by atoms with E-state index >= 15 is 0 Å². The third-order valence-corrected chi connectivity index (χ3v) is 5.88. The first-order valence-corrected chi connectivity index (χ1v) is 10.7. The average Bonchev–Trinajstić information content (AvgIpc) is 3.52. The summed E-state index contributed by atoms with van der Waals surface area (Å²) >= 11 is 1.61. The van der Waals surface area contributed by atoms with Crippen molar-refractivity contribution in [2.24, 2.45) is 0 Å². The first-order valence-electron chi connectivity index (χ1n) is 9.79. The number of ether oxygens (including phenoxy) is 2. The van der Waals surface area contributed by atoms with E-state index in [9.17, 15) is 5.11 Å². The average molecular weight is 449 g/mol. The van der Waals surface area contributed by atoms with Crippen LogP contribution in [0.25, 0.3) is 27.8 Å². The molecule has 0 saturated carbocycles. The number of methoxy groups -OCH3 is 2. The molecule has 32 heavy (non-hydrogen) atoms. The van der Waals surface area contributed by atoms with E-state index in [0.717, 1.165) is 22.0 Å². The summed E-state index contributed by atoms with van der Waals surface area (Å²) in [5.74, 6) is 1.04. The maximum atomic E-state index is 10.8. The van der Waals surface area contributed by atoms with Gasteiger partial charge in [-0.15, -0.1) is 11.3 Å². The van der Waals surface area contributed by atoms with Gasteiger partial charge in [-0.3, -0.25) is 9.25 Å². The van der Waals surface area contributed by atoms with Crippen molar-refractivity contribution in [1.29, 1.82) is 0 Å². The van der Waals surface area contributed by atoms with Gasteiger partial charge in [-0.2, -0.15) is 5.10 Å². The van der Waals surface area contributed by atoms with Crippen LogP contribution >= 0.6 is 11.3 Å². The van der Waals surface area contributed by atoms with Crippen molar-refractivity contribution in [2.75, 3.05) is 14.2 Å². The first kappa shape index (κ1) is 20.0. The summed E-state index contributed by atoms with van der Waals surface area (Å²) in [5, 5.41) is 18.9. The molecule has 1 N–H and O–H groups in total. The zero-order chi connectivity index (χ0) is 22.2. The molecule has 0 unspecified atom stereocenters. The molecule has 0 amide bonds. The van der Waals surface area contributed by atoms with Gasteiger partial charge < -0.3 is 14.6 Å². The van der Waals surface area contributed by atoms with Crippen LogP contribution in [-0.2, 0) is 6.54 Å². The summed E-state index contributed by atoms with van der Waals surface area (Å²) in [6.45, 7) is 2.55. The number of aryl methyl sites for hydroxylation is 1. The monoisotopic (exact) mass is 448 g/mol. The van der Waals surface area contributed by atoms with Crippen LogP contribution in [0.1, 0.15) is 10.7 Å². The number of nitrogens with zero attached hydrogens (tertiary/aromatic N) is 6. The van der Waals surface area contributed by atoms with Crippen molar-refractivity contribution in [3.05, 3.63) is 59.1 Å². The molecule has 5 aromatic heterocycles. The van der Waals surface area contributed by atoms with E-state index < -0.39 is 0 Å². The van der Waals surface area contributed by atoms with Crippen molar-refractivity contribution in [3.8, 4) is 34.5 Å². The Labute approximate surface area is 187 Å². The number of fused-ring (bicyclic) bond motifs is 1. The second-order valence-electron chi connectivity index (χ2n) is 7.14. The van der Waals surface area contributed by atoms with Gasteiger partial charge in [-0.25, -0.2) is 15.0 Å². The van der Waals surface area contributed by atoms with E-state index in [-0.39, 0.29) is 5.88 Å². The Morgan fingerprint density at radius 3 is 2.72 bits per heavy atom. The quantitative estimate of drug-likeness (QED) is 0.421. The lowest BCUT2D eigenvalue weighted by Crippen LogP contribution is -2.00. The third-order valence-electron chi connectivity index (χ3n) is 5.06. The Kier molecular flexibility index (Phi) is 4.98. The van der Waals surface area contributed by atoms with Crippen LogP contribution in [-0.4, -0.2) is 48.6 Å². The maximum Gasteiger partial charge on any atom is 0.256 e. The van der Waals surface area contributed by atoms with Gasteiger partial charge in [0.2, 0.25) is 5.88 Å². The van der Waals surface area contributed by atoms with Crippen LogP contribution in [0.5, 0.6) is 17.5 Å². The van der Waals surface area contributed by atoms with Crippen LogP contribution in [0.15, 0.2) is 48.4 Å². The highest BCUT2D eigenvalue weighted by Gasteiger charge is 2.15. The predicted molar refractivity (Wildman–Crippen MR) is 121 cm³/mol. The van der Waals surface area contributed by atoms with Crippen molar-refractivity contribution in [3.63, 3.8) is 0 Å². The molecule has 0 bridgehead atoms. The highest BCUT2D eigenvalue weighted by molar-refractivity contribution is 7.09. The molecule has 0 spiro atoms. The Morgan fingerprint density at radius 2 is 1.97 bits per heavy atom. The Bertz CT molecular complexity index is 1420. The molecule has 0 atom stereocenters. The summed E-state index contributed by atoms with van der Waals surface area (Å²) < 4.78 is 14.0. The summed E-state index contributed by atoms with van der Waals surface area (Å²) in [7, 11) is 3.11. The lowest BCUT2D eigenvalue weighted by molar-refractivity contribution is 0.343. The predicted octanol–water partition coefficient (Wildman–Crippen LogP) is 3.82. The number of hydrogen-bond acceptors (Lipinski definition) is 8. The molecule has 10 heteroatoms. The van der Waals surface area contributed by atoms with E-state index in [1.807, 2.05) is 36.7 Å². The topological polar surface area (TPSA) is 100 Å². The molecule has 0 aliphatic rings. The molecular weight excluding hydrogens is 428 g/mol. The molecular formula is C22H20N6O3S. The molecule has 5 rings (SSSR count). The number of thiazole rings is 1. The zero-order valence-electron chi connectivity index (χ0n) is 17.7. The van der Waals surface area contributed by atoms with Crippen LogP contribution in [0.3, 0.4) is 0 Å².